The Labute approximate surface area is 94.1 Å². The lowest BCUT2D eigenvalue weighted by Gasteiger charge is -2.12. The van der Waals surface area contributed by atoms with Crippen molar-refractivity contribution in [1.29, 1.82) is 0 Å². The summed E-state index contributed by atoms with van der Waals surface area (Å²) in [6, 6.07) is 0. The Morgan fingerprint density at radius 3 is 2.13 bits per heavy atom. The molecule has 2 atom stereocenters. The molecule has 0 amide bonds. The molecule has 0 radical (unpaired) electrons. The first-order chi connectivity index (χ1) is 7.06. The lowest BCUT2D eigenvalue weighted by atomic mass is 9.95. The van der Waals surface area contributed by atoms with Crippen LogP contribution >= 0.6 is 0 Å². The van der Waals surface area contributed by atoms with E-state index in [1.807, 2.05) is 0 Å². The van der Waals surface area contributed by atoms with Gasteiger partial charge in [0.25, 0.3) is 0 Å². The van der Waals surface area contributed by atoms with Crippen molar-refractivity contribution in [3.05, 3.63) is 0 Å². The van der Waals surface area contributed by atoms with Crippen molar-refractivity contribution in [3.8, 4) is 0 Å². The molecule has 0 aliphatic heterocycles. The number of aliphatic hydroxyl groups excluding tert-OH is 1. The average Bonchev–Trinajstić information content (AvgIpc) is 2.17. The second-order valence-corrected chi connectivity index (χ2v) is 4.92. The minimum Gasteiger partial charge on any atom is -0.396 e. The third kappa shape index (κ3) is 9.92. The highest BCUT2D eigenvalue weighted by Crippen LogP contribution is 2.17. The summed E-state index contributed by atoms with van der Waals surface area (Å²) in [4.78, 5) is 10.7. The van der Waals surface area contributed by atoms with Gasteiger partial charge in [-0.1, -0.05) is 33.1 Å². The van der Waals surface area contributed by atoms with E-state index in [4.69, 9.17) is 5.11 Å². The summed E-state index contributed by atoms with van der Waals surface area (Å²) in [5.74, 6) is 1.46. The highest BCUT2D eigenvalue weighted by Gasteiger charge is 2.05. The van der Waals surface area contributed by atoms with Crippen LogP contribution in [0.3, 0.4) is 0 Å². The van der Waals surface area contributed by atoms with Crippen LogP contribution in [-0.4, -0.2) is 17.5 Å². The maximum atomic E-state index is 10.7. The standard InChI is InChI=1S/C13H26O2/c1-11(7-5-9-13(3)15)6-4-8-12(2)10-14/h11-12,14H,4-10H2,1-3H3. The van der Waals surface area contributed by atoms with E-state index in [-0.39, 0.29) is 0 Å². The van der Waals surface area contributed by atoms with Gasteiger partial charge in [0.05, 0.1) is 0 Å². The number of carbonyl (C=O) groups is 1. The van der Waals surface area contributed by atoms with Gasteiger partial charge < -0.3 is 9.90 Å². The highest BCUT2D eigenvalue weighted by atomic mass is 16.3. The van der Waals surface area contributed by atoms with Crippen molar-refractivity contribution >= 4 is 5.78 Å². The van der Waals surface area contributed by atoms with Crippen LogP contribution in [0.1, 0.15) is 59.3 Å². The van der Waals surface area contributed by atoms with Crippen molar-refractivity contribution < 1.29 is 9.90 Å². The molecular weight excluding hydrogens is 188 g/mol. The fraction of sp³-hybridized carbons (Fsp3) is 0.923. The number of ketones is 1. The van der Waals surface area contributed by atoms with Crippen LogP contribution in [0.15, 0.2) is 0 Å². The van der Waals surface area contributed by atoms with Gasteiger partial charge in [-0.25, -0.2) is 0 Å². The Balaban J connectivity index is 3.33. The Morgan fingerprint density at radius 1 is 1.07 bits per heavy atom. The molecule has 0 aromatic carbocycles. The van der Waals surface area contributed by atoms with Crippen LogP contribution < -0.4 is 0 Å². The lowest BCUT2D eigenvalue weighted by Crippen LogP contribution is -2.02. The molecule has 0 aromatic rings. The van der Waals surface area contributed by atoms with Crippen molar-refractivity contribution in [2.45, 2.75) is 59.3 Å². The van der Waals surface area contributed by atoms with Crippen LogP contribution in [0.2, 0.25) is 0 Å². The zero-order valence-electron chi connectivity index (χ0n) is 10.5. The maximum Gasteiger partial charge on any atom is 0.129 e. The Hall–Kier alpha value is -0.370. The molecule has 0 saturated carbocycles. The van der Waals surface area contributed by atoms with E-state index in [1.54, 1.807) is 6.92 Å². The van der Waals surface area contributed by atoms with Gasteiger partial charge in [0.15, 0.2) is 0 Å². The lowest BCUT2D eigenvalue weighted by molar-refractivity contribution is -0.117. The smallest absolute Gasteiger partial charge is 0.129 e. The molecule has 2 unspecified atom stereocenters. The molecule has 1 N–H and O–H groups in total. The largest absolute Gasteiger partial charge is 0.396 e. The number of carbonyl (C=O) groups excluding carboxylic acids is 1. The van der Waals surface area contributed by atoms with E-state index in [0.29, 0.717) is 18.3 Å². The van der Waals surface area contributed by atoms with E-state index in [2.05, 4.69) is 13.8 Å². The molecule has 0 aliphatic carbocycles. The predicted molar refractivity (Wildman–Crippen MR) is 63.8 cm³/mol. The van der Waals surface area contributed by atoms with Crippen molar-refractivity contribution in [2.75, 3.05) is 6.61 Å². The molecule has 0 bridgehead atoms. The molecule has 2 nitrogen and oxygen atoms in total. The van der Waals surface area contributed by atoms with Gasteiger partial charge in [-0.15, -0.1) is 0 Å². The first kappa shape index (κ1) is 14.6. The van der Waals surface area contributed by atoms with Gasteiger partial charge >= 0.3 is 0 Å². The molecule has 0 saturated heterocycles. The van der Waals surface area contributed by atoms with Gasteiger partial charge in [-0.2, -0.15) is 0 Å². The molecule has 0 rings (SSSR count). The molecule has 0 heterocycles. The second-order valence-electron chi connectivity index (χ2n) is 4.92. The van der Waals surface area contributed by atoms with E-state index < -0.39 is 0 Å². The number of aliphatic hydroxyl groups is 1. The van der Waals surface area contributed by atoms with Crippen LogP contribution in [0, 0.1) is 11.8 Å². The number of rotatable bonds is 9. The second kappa shape index (κ2) is 8.90. The Bertz CT molecular complexity index is 166. The molecule has 0 spiro atoms. The van der Waals surface area contributed by atoms with Crippen molar-refractivity contribution in [1.82, 2.24) is 0 Å². The summed E-state index contributed by atoms with van der Waals surface area (Å²) >= 11 is 0. The zero-order valence-corrected chi connectivity index (χ0v) is 10.5. The van der Waals surface area contributed by atoms with Gasteiger partial charge in [0, 0.05) is 13.0 Å². The van der Waals surface area contributed by atoms with Gasteiger partial charge in [-0.05, 0) is 31.6 Å². The van der Waals surface area contributed by atoms with Crippen LogP contribution in [0.5, 0.6) is 0 Å². The van der Waals surface area contributed by atoms with Crippen LogP contribution in [-0.2, 0) is 4.79 Å². The van der Waals surface area contributed by atoms with E-state index in [1.165, 1.54) is 12.8 Å². The Kier molecular flexibility index (Phi) is 8.68. The maximum absolute atomic E-state index is 10.7. The van der Waals surface area contributed by atoms with Gasteiger partial charge in [-0.3, -0.25) is 0 Å². The summed E-state index contributed by atoms with van der Waals surface area (Å²) in [6.07, 6.45) is 6.47. The van der Waals surface area contributed by atoms with E-state index in [0.717, 1.165) is 31.6 Å². The summed E-state index contributed by atoms with van der Waals surface area (Å²) in [5, 5.41) is 8.87. The average molecular weight is 214 g/mol. The normalized spacial score (nSPS) is 14.9. The monoisotopic (exact) mass is 214 g/mol. The fourth-order valence-electron chi connectivity index (χ4n) is 1.75. The summed E-state index contributed by atoms with van der Waals surface area (Å²) in [6.45, 7) is 6.30. The summed E-state index contributed by atoms with van der Waals surface area (Å²) < 4.78 is 0. The number of hydrogen-bond acceptors (Lipinski definition) is 2. The van der Waals surface area contributed by atoms with Crippen molar-refractivity contribution in [3.63, 3.8) is 0 Å². The van der Waals surface area contributed by atoms with E-state index >= 15 is 0 Å². The third-order valence-electron chi connectivity index (χ3n) is 2.93. The quantitative estimate of drug-likeness (QED) is 0.640. The first-order valence-corrected chi connectivity index (χ1v) is 6.16. The number of hydrogen-bond donors (Lipinski definition) is 1. The molecular formula is C13H26O2. The Morgan fingerprint density at radius 2 is 1.60 bits per heavy atom. The molecule has 15 heavy (non-hydrogen) atoms. The molecule has 0 fully saturated rings. The summed E-state index contributed by atoms with van der Waals surface area (Å²) in [7, 11) is 0. The minimum absolute atomic E-state index is 0.302. The molecule has 0 aromatic heterocycles. The van der Waals surface area contributed by atoms with E-state index in [9.17, 15) is 4.79 Å². The SMILES string of the molecule is CC(=O)CCCC(C)CCCC(C)CO. The van der Waals surface area contributed by atoms with Crippen LogP contribution in [0.4, 0.5) is 0 Å². The van der Waals surface area contributed by atoms with Crippen molar-refractivity contribution in [2.24, 2.45) is 11.8 Å². The zero-order chi connectivity index (χ0) is 11.7. The topological polar surface area (TPSA) is 37.3 Å². The minimum atomic E-state index is 0.302. The fourth-order valence-corrected chi connectivity index (χ4v) is 1.75. The molecule has 0 aliphatic rings. The van der Waals surface area contributed by atoms with Gasteiger partial charge in [0.2, 0.25) is 0 Å². The highest BCUT2D eigenvalue weighted by molar-refractivity contribution is 5.75. The van der Waals surface area contributed by atoms with Gasteiger partial charge in [0.1, 0.15) is 5.78 Å². The molecule has 90 valence electrons. The molecule has 2 heteroatoms. The van der Waals surface area contributed by atoms with Crippen LogP contribution in [0.25, 0.3) is 0 Å². The predicted octanol–water partition coefficient (Wildman–Crippen LogP) is 3.18. The number of Topliss-reactive ketones (excluding diaryl/α,β-unsaturated/α-hetero) is 1. The summed E-state index contributed by atoms with van der Waals surface area (Å²) in [5.41, 5.74) is 0. The first-order valence-electron chi connectivity index (χ1n) is 6.16. The third-order valence-corrected chi connectivity index (χ3v) is 2.93.